The number of fused-ring (bicyclic) bond motifs is 6. The SMILES string of the molecule is C=C1NC(=O)[C@H]([C@@H](C)CC)NC(=O)[C@@H]2CSSC[C@H](NC(=O)CCC(O)O)C(=O)N[C@H](Cc3ccccc3)C(=O)N[C@H](C)C(=O)NC(C[C@@H](C)CC)C(=O)N[C@@H](C(=O)N[C@H](Cc3ccccc3)C(=O)N3CCC[C@H]3C(=O)N2)[C@@H](C)OC(=O)[C@H](CC)NC(=O)[C@H]([C@@H](C)OC)N(C)C(=O)[C@@H](C(C)C)NC(=O)[C@H](C[C@H](C)CC)NC1=O. The molecule has 2 bridgehead atoms. The van der Waals surface area contributed by atoms with Crippen LogP contribution in [-0.2, 0) is 94.2 Å². The van der Waals surface area contributed by atoms with Crippen molar-refractivity contribution in [3.8, 4) is 0 Å². The summed E-state index contributed by atoms with van der Waals surface area (Å²) >= 11 is 0. The maximum atomic E-state index is 15.6. The molecule has 0 saturated carbocycles. The fraction of sp³-hybridized carbons (Fsp3) is 0.628. The quantitative estimate of drug-likeness (QED) is 0.0376. The molecule has 18 atom stereocenters. The molecule has 5 rings (SSSR count). The summed E-state index contributed by atoms with van der Waals surface area (Å²) in [5, 5.41) is 51.5. The highest BCUT2D eigenvalue weighted by molar-refractivity contribution is 8.76. The maximum absolute atomic E-state index is 15.6. The summed E-state index contributed by atoms with van der Waals surface area (Å²) in [5.74, 6) is -16.7. The second-order valence-electron chi connectivity index (χ2n) is 29.8. The van der Waals surface area contributed by atoms with Crippen molar-refractivity contribution in [2.24, 2.45) is 23.7 Å². The van der Waals surface area contributed by atoms with Gasteiger partial charge in [0.05, 0.1) is 11.8 Å². The van der Waals surface area contributed by atoms with Crippen LogP contribution in [0.1, 0.15) is 158 Å². The summed E-state index contributed by atoms with van der Waals surface area (Å²) in [6.45, 7) is 23.3. The molecule has 3 aliphatic rings. The van der Waals surface area contributed by atoms with Gasteiger partial charge >= 0.3 is 5.97 Å². The van der Waals surface area contributed by atoms with E-state index in [2.05, 4.69) is 70.4 Å². The van der Waals surface area contributed by atoms with Gasteiger partial charge in [0.2, 0.25) is 76.8 Å². The van der Waals surface area contributed by atoms with Crippen LogP contribution in [0.2, 0.25) is 0 Å². The number of likely N-dealkylation sites (N-methyl/N-ethyl adjacent to an activating group) is 1. The highest BCUT2D eigenvalue weighted by atomic mass is 33.1. The highest BCUT2D eigenvalue weighted by Crippen LogP contribution is 2.27. The van der Waals surface area contributed by atoms with Gasteiger partial charge in [-0.25, -0.2) is 4.79 Å². The molecule has 14 amide bonds. The molecule has 0 aliphatic carbocycles. The zero-order valence-corrected chi connectivity index (χ0v) is 68.8. The summed E-state index contributed by atoms with van der Waals surface area (Å²) in [4.78, 5) is 225. The van der Waals surface area contributed by atoms with Crippen LogP contribution in [-0.4, -0.2) is 238 Å². The van der Waals surface area contributed by atoms with Gasteiger partial charge in [0, 0.05) is 57.9 Å². The first kappa shape index (κ1) is 94.4. The minimum Gasteiger partial charge on any atom is -0.458 e. The van der Waals surface area contributed by atoms with Crippen LogP contribution in [0, 0.1) is 23.7 Å². The molecule has 113 heavy (non-hydrogen) atoms. The Morgan fingerprint density at radius 1 is 0.593 bits per heavy atom. The molecule has 0 aromatic heterocycles. The van der Waals surface area contributed by atoms with Gasteiger partial charge in [-0.1, -0.05) is 170 Å². The molecule has 626 valence electrons. The summed E-state index contributed by atoms with van der Waals surface area (Å²) in [5.41, 5.74) is 0.482. The lowest BCUT2D eigenvalue weighted by molar-refractivity contribution is -0.157. The number of cyclic esters (lactones) is 1. The van der Waals surface area contributed by atoms with Crippen LogP contribution in [0.15, 0.2) is 72.9 Å². The number of amides is 14. The Morgan fingerprint density at radius 3 is 1.70 bits per heavy atom. The second kappa shape index (κ2) is 46.2. The number of nitrogens with zero attached hydrogens (tertiary/aromatic N) is 2. The molecule has 35 heteroatoms. The number of ether oxygens (including phenoxy) is 2. The molecule has 3 fully saturated rings. The third-order valence-corrected chi connectivity index (χ3v) is 23.0. The number of hydrogen-bond acceptors (Lipinski definition) is 21. The van der Waals surface area contributed by atoms with Gasteiger partial charge in [-0.2, -0.15) is 0 Å². The molecule has 3 saturated heterocycles. The molecule has 2 aromatic carbocycles. The van der Waals surface area contributed by atoms with Crippen molar-refractivity contribution in [1.82, 2.24) is 73.6 Å². The smallest absolute Gasteiger partial charge is 0.328 e. The van der Waals surface area contributed by atoms with E-state index in [0.29, 0.717) is 24.0 Å². The summed E-state index contributed by atoms with van der Waals surface area (Å²) < 4.78 is 11.7. The molecule has 3 heterocycles. The largest absolute Gasteiger partial charge is 0.458 e. The van der Waals surface area contributed by atoms with Crippen molar-refractivity contribution in [2.45, 2.75) is 257 Å². The number of rotatable bonds is 20. The summed E-state index contributed by atoms with van der Waals surface area (Å²) in [6.07, 6.45) is -4.88. The third kappa shape index (κ3) is 28.7. The lowest BCUT2D eigenvalue weighted by atomic mass is 9.96. The van der Waals surface area contributed by atoms with Crippen LogP contribution in [0.25, 0.3) is 0 Å². The number of aliphatic hydroxyl groups excluding tert-OH is 1. The summed E-state index contributed by atoms with van der Waals surface area (Å²) in [7, 11) is 4.41. The molecule has 14 N–H and O–H groups in total. The Hall–Kier alpha value is -9.19. The van der Waals surface area contributed by atoms with E-state index in [1.165, 1.54) is 46.8 Å². The molecule has 33 nitrogen and oxygen atoms in total. The van der Waals surface area contributed by atoms with E-state index < -0.39 is 216 Å². The van der Waals surface area contributed by atoms with E-state index in [0.717, 1.165) is 26.5 Å². The predicted molar refractivity (Wildman–Crippen MR) is 423 cm³/mol. The van der Waals surface area contributed by atoms with Gasteiger partial charge < -0.3 is 93.3 Å². The number of methoxy groups -OCH3 is 1. The number of aliphatic hydroxyl groups is 2. The summed E-state index contributed by atoms with van der Waals surface area (Å²) in [6, 6.07) is -2.96. The van der Waals surface area contributed by atoms with E-state index >= 15 is 24.0 Å². The van der Waals surface area contributed by atoms with Gasteiger partial charge in [-0.15, -0.1) is 0 Å². The fourth-order valence-electron chi connectivity index (χ4n) is 12.8. The number of carbonyl (C=O) groups excluding carboxylic acids is 15. The zero-order chi connectivity index (χ0) is 84.1. The molecule has 1 unspecified atom stereocenters. The van der Waals surface area contributed by atoms with Gasteiger partial charge in [0.15, 0.2) is 6.29 Å². The maximum Gasteiger partial charge on any atom is 0.328 e. The van der Waals surface area contributed by atoms with Crippen molar-refractivity contribution in [1.29, 1.82) is 0 Å². The Balaban J connectivity index is 1.80. The van der Waals surface area contributed by atoms with Crippen molar-refractivity contribution in [2.75, 3.05) is 32.2 Å². The lowest BCUT2D eigenvalue weighted by Gasteiger charge is -2.36. The zero-order valence-electron chi connectivity index (χ0n) is 67.2. The van der Waals surface area contributed by atoms with E-state index in [1.807, 2.05) is 20.8 Å². The average molecular weight is 1620 g/mol. The molecule has 3 aliphatic heterocycles. The first-order valence-electron chi connectivity index (χ1n) is 38.8. The topological polar surface area (TPSA) is 466 Å². The van der Waals surface area contributed by atoms with E-state index in [9.17, 15) is 58.2 Å². The minimum atomic E-state index is -1.96. The monoisotopic (exact) mass is 1620 g/mol. The van der Waals surface area contributed by atoms with Gasteiger partial charge in [0.1, 0.15) is 84.6 Å². The normalized spacial score (nSPS) is 27.5. The molecular weight excluding hydrogens is 1500 g/mol. The standard InChI is InChI=1S/C78H118N14O19S2/c1-16-42(7)35-52-68(99)88-61(41(5)6)77(108)91(14)64(48(13)110-15)75(106)82-51(19-4)78(109)111-47(12)63-74(105)86-55(38-50-29-24-21-25-30-50)76(107)92-34-26-31-58(92)72(103)87-57(71(102)89-62(44(9)18-3)73(104)80-46(11)66(97)83-52)40-113-112-39-56(81-59(93)32-33-60(94)95)70(101)85-54(37-49-27-22-20-23-28-49)67(98)79-45(10)65(96)84-53(69(100)90-63)36-43(8)17-2/h20-25,27-30,41-45,47-48,51-58,60-64,94-95H,11,16-19,26,31-40H2,1-10,12-15H3,(H,79,98)(H,80,104)(H,81,93)(H,82,106)(H,83,97)(H,84,96)(H,85,101)(H,86,105)(H,87,103)(H,88,99)(H,89,102)(H,90,100)/t42-,43+,44+,45-,47-,48-,51+,52+,53?,54-,55-,56+,57+,58+,61-,62+,63-,64+/m1/s1. The molecular formula is C78H118N14O19S2. The second-order valence-corrected chi connectivity index (χ2v) is 32.3. The number of hydrogen-bond donors (Lipinski definition) is 14. The first-order chi connectivity index (χ1) is 53.5. The van der Waals surface area contributed by atoms with E-state index in [-0.39, 0.29) is 81.3 Å². The molecule has 2 aromatic rings. The van der Waals surface area contributed by atoms with Crippen molar-refractivity contribution in [3.63, 3.8) is 0 Å². The minimum absolute atomic E-state index is 0.00753. The van der Waals surface area contributed by atoms with E-state index in [4.69, 9.17) is 9.47 Å². The fourth-order valence-corrected chi connectivity index (χ4v) is 15.2. The van der Waals surface area contributed by atoms with Gasteiger partial charge in [0.25, 0.3) is 5.91 Å². The Labute approximate surface area is 669 Å². The van der Waals surface area contributed by atoms with Gasteiger partial charge in [-0.05, 0) is 87.7 Å². The van der Waals surface area contributed by atoms with Crippen LogP contribution in [0.4, 0.5) is 0 Å². The molecule has 0 spiro atoms. The third-order valence-electron chi connectivity index (χ3n) is 20.6. The average Bonchev–Trinajstić information content (AvgIpc) is 1.75. The number of benzene rings is 2. The van der Waals surface area contributed by atoms with E-state index in [1.54, 1.807) is 95.3 Å². The highest BCUT2D eigenvalue weighted by Gasteiger charge is 2.45. The van der Waals surface area contributed by atoms with Crippen molar-refractivity contribution < 1.29 is 91.6 Å². The Kier molecular flexibility index (Phi) is 38.6. The number of carbonyl (C=O) groups is 15. The van der Waals surface area contributed by atoms with Crippen molar-refractivity contribution in [3.05, 3.63) is 84.1 Å². The van der Waals surface area contributed by atoms with Crippen molar-refractivity contribution >= 4 is 110 Å². The first-order valence-corrected chi connectivity index (χ1v) is 41.3. The Bertz CT molecular complexity index is 3640. The van der Waals surface area contributed by atoms with Crippen LogP contribution in [0.5, 0.6) is 0 Å². The predicted octanol–water partition coefficient (Wildman–Crippen LogP) is 0.723. The van der Waals surface area contributed by atoms with Crippen LogP contribution in [0.3, 0.4) is 0 Å². The number of esters is 1. The lowest BCUT2D eigenvalue weighted by Crippen LogP contribution is -2.63. The number of nitrogens with one attached hydrogen (secondary N) is 12. The van der Waals surface area contributed by atoms with Crippen LogP contribution >= 0.6 is 21.6 Å². The Morgan fingerprint density at radius 2 is 1.13 bits per heavy atom. The van der Waals surface area contributed by atoms with Gasteiger partial charge in [-0.3, -0.25) is 67.1 Å². The molecule has 0 radical (unpaired) electrons. The van der Waals surface area contributed by atoms with Crippen LogP contribution < -0.4 is 63.8 Å².